The van der Waals surface area contributed by atoms with Gasteiger partial charge in [-0.25, -0.2) is 4.57 Å². The van der Waals surface area contributed by atoms with Gasteiger partial charge in [0.1, 0.15) is 0 Å². The summed E-state index contributed by atoms with van der Waals surface area (Å²) >= 11 is 1.29. The van der Waals surface area contributed by atoms with Crippen LogP contribution in [0.1, 0.15) is 27.7 Å². The molecule has 0 radical (unpaired) electrons. The standard InChI is InChI=1S/C9H23NO4P2S/c1-6-10(15(5,11)17-9-4)16(12,13-7-2)14-8-3/h6-9H2,1-5H3. The molecule has 0 bridgehead atoms. The van der Waals surface area contributed by atoms with E-state index in [1.807, 2.05) is 6.92 Å². The lowest BCUT2D eigenvalue weighted by atomic mass is 10.8. The van der Waals surface area contributed by atoms with Crippen LogP contribution in [0.15, 0.2) is 0 Å². The zero-order valence-corrected chi connectivity index (χ0v) is 13.8. The molecule has 0 spiro atoms. The summed E-state index contributed by atoms with van der Waals surface area (Å²) in [6.45, 7) is 6.98. The summed E-state index contributed by atoms with van der Waals surface area (Å²) in [6, 6.07) is 0. The quantitative estimate of drug-likeness (QED) is 0.599. The Balaban J connectivity index is 5.16. The predicted octanol–water partition coefficient (Wildman–Crippen LogP) is 4.07. The molecule has 0 amide bonds. The summed E-state index contributed by atoms with van der Waals surface area (Å²) in [5.74, 6) is 0.697. The van der Waals surface area contributed by atoms with E-state index in [0.717, 1.165) is 0 Å². The molecular weight excluding hydrogens is 280 g/mol. The lowest BCUT2D eigenvalue weighted by Gasteiger charge is -2.32. The SMILES string of the molecule is CCOP(=O)(OCC)N(CC)P(C)(=O)SCC. The van der Waals surface area contributed by atoms with Gasteiger partial charge in [-0.05, 0) is 19.6 Å². The Morgan fingerprint density at radius 3 is 1.82 bits per heavy atom. The van der Waals surface area contributed by atoms with Crippen LogP contribution in [0.4, 0.5) is 0 Å². The van der Waals surface area contributed by atoms with Crippen LogP contribution in [0.2, 0.25) is 0 Å². The van der Waals surface area contributed by atoms with Crippen molar-refractivity contribution >= 4 is 25.6 Å². The fraction of sp³-hybridized carbons (Fsp3) is 1.00. The van der Waals surface area contributed by atoms with Crippen LogP contribution in [0, 0.1) is 0 Å². The first-order chi connectivity index (χ1) is 7.87. The zero-order chi connectivity index (χ0) is 13.5. The molecule has 5 nitrogen and oxygen atoms in total. The normalized spacial score (nSPS) is 16.1. The molecule has 0 heterocycles. The van der Waals surface area contributed by atoms with Gasteiger partial charge in [0, 0.05) is 13.2 Å². The second-order valence-electron chi connectivity index (χ2n) is 3.21. The van der Waals surface area contributed by atoms with Crippen molar-refractivity contribution in [2.45, 2.75) is 27.7 Å². The maximum absolute atomic E-state index is 12.6. The Hall–Kier alpha value is 0.690. The monoisotopic (exact) mass is 303 g/mol. The minimum atomic E-state index is -3.43. The van der Waals surface area contributed by atoms with E-state index in [0.29, 0.717) is 12.3 Å². The maximum atomic E-state index is 12.6. The van der Waals surface area contributed by atoms with Crippen LogP contribution < -0.4 is 0 Å². The third-order valence-electron chi connectivity index (χ3n) is 1.94. The fourth-order valence-corrected chi connectivity index (χ4v) is 9.25. The first-order valence-electron chi connectivity index (χ1n) is 5.77. The van der Waals surface area contributed by atoms with Crippen molar-refractivity contribution in [3.8, 4) is 0 Å². The summed E-state index contributed by atoms with van der Waals surface area (Å²) in [5.41, 5.74) is 0. The molecular formula is C9H23NO4P2S. The highest BCUT2D eigenvalue weighted by Crippen LogP contribution is 2.71. The van der Waals surface area contributed by atoms with Crippen LogP contribution in [-0.4, -0.2) is 36.6 Å². The van der Waals surface area contributed by atoms with E-state index in [-0.39, 0.29) is 13.2 Å². The number of nitrogens with zero attached hydrogens (tertiary/aromatic N) is 1. The van der Waals surface area contributed by atoms with Gasteiger partial charge in [0.15, 0.2) is 0 Å². The Bertz CT molecular complexity index is 303. The van der Waals surface area contributed by atoms with Gasteiger partial charge < -0.3 is 0 Å². The Morgan fingerprint density at radius 1 is 1.06 bits per heavy atom. The summed E-state index contributed by atoms with van der Waals surface area (Å²) in [5, 5.41) is 0. The second-order valence-corrected chi connectivity index (χ2v) is 11.2. The molecule has 0 aromatic carbocycles. The van der Waals surface area contributed by atoms with E-state index in [9.17, 15) is 9.13 Å². The molecule has 104 valence electrons. The van der Waals surface area contributed by atoms with Gasteiger partial charge in [-0.2, -0.15) is 0 Å². The summed E-state index contributed by atoms with van der Waals surface area (Å²) in [4.78, 5) is 0. The van der Waals surface area contributed by atoms with E-state index in [1.165, 1.54) is 15.8 Å². The highest BCUT2D eigenvalue weighted by atomic mass is 32.7. The van der Waals surface area contributed by atoms with Crippen molar-refractivity contribution in [1.82, 2.24) is 4.44 Å². The smallest absolute Gasteiger partial charge is 0.297 e. The molecule has 0 aromatic rings. The van der Waals surface area contributed by atoms with Crippen LogP contribution in [0.25, 0.3) is 0 Å². The van der Waals surface area contributed by atoms with Crippen molar-refractivity contribution in [2.24, 2.45) is 0 Å². The minimum absolute atomic E-state index is 0.268. The van der Waals surface area contributed by atoms with Crippen LogP contribution in [0.3, 0.4) is 0 Å². The van der Waals surface area contributed by atoms with Crippen molar-refractivity contribution in [2.75, 3.05) is 32.2 Å². The largest absolute Gasteiger partial charge is 0.414 e. The summed E-state index contributed by atoms with van der Waals surface area (Å²) in [6.07, 6.45) is 0. The number of hydrogen-bond donors (Lipinski definition) is 0. The van der Waals surface area contributed by atoms with Crippen LogP contribution in [0.5, 0.6) is 0 Å². The molecule has 0 aromatic heterocycles. The second kappa shape index (κ2) is 7.98. The highest BCUT2D eigenvalue weighted by molar-refractivity contribution is 8.57. The molecule has 0 saturated carbocycles. The molecule has 0 aliphatic rings. The average molecular weight is 303 g/mol. The van der Waals surface area contributed by atoms with Crippen molar-refractivity contribution < 1.29 is 18.2 Å². The Morgan fingerprint density at radius 2 is 1.53 bits per heavy atom. The minimum Gasteiger partial charge on any atom is -0.297 e. The van der Waals surface area contributed by atoms with Gasteiger partial charge in [0.2, 0.25) is 6.49 Å². The van der Waals surface area contributed by atoms with E-state index >= 15 is 0 Å². The predicted molar refractivity (Wildman–Crippen MR) is 74.9 cm³/mol. The lowest BCUT2D eigenvalue weighted by Crippen LogP contribution is -2.19. The number of rotatable bonds is 9. The third-order valence-corrected chi connectivity index (χ3v) is 10.7. The van der Waals surface area contributed by atoms with Gasteiger partial charge in [-0.1, -0.05) is 25.2 Å². The van der Waals surface area contributed by atoms with E-state index in [2.05, 4.69) is 0 Å². The Labute approximate surface area is 108 Å². The highest BCUT2D eigenvalue weighted by Gasteiger charge is 2.41. The molecule has 1 atom stereocenters. The topological polar surface area (TPSA) is 55.8 Å². The molecule has 8 heteroatoms. The zero-order valence-electron chi connectivity index (χ0n) is 11.2. The van der Waals surface area contributed by atoms with Gasteiger partial charge in [0.25, 0.3) is 0 Å². The Kier molecular flexibility index (Phi) is 8.30. The molecule has 0 saturated heterocycles. The molecule has 0 aliphatic carbocycles. The molecule has 0 fully saturated rings. The lowest BCUT2D eigenvalue weighted by molar-refractivity contribution is 0.192. The van der Waals surface area contributed by atoms with E-state index in [4.69, 9.17) is 9.05 Å². The summed E-state index contributed by atoms with van der Waals surface area (Å²) in [7, 11) is -3.43. The average Bonchev–Trinajstić information content (AvgIpc) is 2.18. The van der Waals surface area contributed by atoms with Crippen molar-refractivity contribution in [1.29, 1.82) is 0 Å². The first-order valence-corrected chi connectivity index (χ1v) is 11.0. The maximum Gasteiger partial charge on any atom is 0.414 e. The van der Waals surface area contributed by atoms with E-state index in [1.54, 1.807) is 27.4 Å². The van der Waals surface area contributed by atoms with Crippen molar-refractivity contribution in [3.63, 3.8) is 0 Å². The van der Waals surface area contributed by atoms with Crippen LogP contribution in [-0.2, 0) is 18.2 Å². The van der Waals surface area contributed by atoms with Gasteiger partial charge in [-0.3, -0.25) is 13.6 Å². The number of hydrogen-bond acceptors (Lipinski definition) is 5. The van der Waals surface area contributed by atoms with Crippen LogP contribution >= 0.6 is 25.6 Å². The molecule has 0 aliphatic heterocycles. The van der Waals surface area contributed by atoms with Crippen molar-refractivity contribution in [3.05, 3.63) is 0 Å². The van der Waals surface area contributed by atoms with Gasteiger partial charge >= 0.3 is 7.75 Å². The first kappa shape index (κ1) is 17.7. The third kappa shape index (κ3) is 5.06. The summed E-state index contributed by atoms with van der Waals surface area (Å²) < 4.78 is 36.9. The van der Waals surface area contributed by atoms with E-state index < -0.39 is 14.2 Å². The molecule has 17 heavy (non-hydrogen) atoms. The van der Waals surface area contributed by atoms with Gasteiger partial charge in [0.05, 0.1) is 13.2 Å². The molecule has 0 N–H and O–H groups in total. The molecule has 0 rings (SSSR count). The molecule has 1 unspecified atom stereocenters. The fourth-order valence-electron chi connectivity index (χ4n) is 1.43. The van der Waals surface area contributed by atoms with Gasteiger partial charge in [-0.15, -0.1) is 4.44 Å².